The maximum absolute atomic E-state index is 12.9. The van der Waals surface area contributed by atoms with Gasteiger partial charge in [-0.05, 0) is 26.0 Å². The van der Waals surface area contributed by atoms with Gasteiger partial charge in [0.15, 0.2) is 0 Å². The fourth-order valence-electron chi connectivity index (χ4n) is 2.89. The van der Waals surface area contributed by atoms with E-state index in [1.165, 1.54) is 0 Å². The lowest BCUT2D eigenvalue weighted by Crippen LogP contribution is -2.47. The van der Waals surface area contributed by atoms with Crippen molar-refractivity contribution in [3.05, 3.63) is 47.3 Å². The summed E-state index contributed by atoms with van der Waals surface area (Å²) in [6, 6.07) is 6.78. The summed E-state index contributed by atoms with van der Waals surface area (Å²) in [5.74, 6) is 6.13. The highest BCUT2D eigenvalue weighted by Crippen LogP contribution is 2.23. The minimum Gasteiger partial charge on any atom is -0.337 e. The molecule has 0 saturated heterocycles. The van der Waals surface area contributed by atoms with Gasteiger partial charge in [0.2, 0.25) is 5.96 Å². The molecule has 0 atom stereocenters. The number of nitrogens with one attached hydrogen (secondary N) is 1. The minimum atomic E-state index is -3.69. The van der Waals surface area contributed by atoms with Gasteiger partial charge in [-0.2, -0.15) is 17.6 Å². The van der Waals surface area contributed by atoms with Crippen molar-refractivity contribution in [2.75, 3.05) is 13.1 Å². The number of nitrogens with zero attached hydrogens (tertiary/aromatic N) is 4. The Balaban J connectivity index is 1.92. The maximum atomic E-state index is 12.9. The van der Waals surface area contributed by atoms with Crippen molar-refractivity contribution in [2.24, 2.45) is 10.8 Å². The molecule has 0 radical (unpaired) electrons. The number of hydrogen-bond acceptors (Lipinski definition) is 5. The molecule has 3 N–H and O–H groups in total. The summed E-state index contributed by atoms with van der Waals surface area (Å²) < 4.78 is 26.9. The Morgan fingerprint density at radius 3 is 2.72 bits per heavy atom. The van der Waals surface area contributed by atoms with Crippen LogP contribution in [0.1, 0.15) is 23.7 Å². The third-order valence-electron chi connectivity index (χ3n) is 4.18. The molecular weight excluding hydrogens is 340 g/mol. The molecule has 2 heterocycles. The van der Waals surface area contributed by atoms with E-state index in [1.807, 2.05) is 18.7 Å². The highest BCUT2D eigenvalue weighted by Gasteiger charge is 2.28. The molecule has 0 amide bonds. The Labute approximate surface area is 147 Å². The lowest BCUT2D eigenvalue weighted by atomic mass is 10.1. The number of rotatable bonds is 3. The van der Waals surface area contributed by atoms with Gasteiger partial charge < -0.3 is 4.90 Å². The summed E-state index contributed by atoms with van der Waals surface area (Å²) in [6.07, 6.45) is 2.15. The number of aliphatic imine (C=N–C) groups is 1. The van der Waals surface area contributed by atoms with Crippen LogP contribution in [-0.2, 0) is 23.0 Å². The predicted octanol–water partition coefficient (Wildman–Crippen LogP) is 0.626. The molecular formula is C16H22N6O2S. The van der Waals surface area contributed by atoms with Crippen molar-refractivity contribution >= 4 is 16.0 Å². The van der Waals surface area contributed by atoms with E-state index in [-0.39, 0.29) is 4.90 Å². The molecule has 0 saturated carbocycles. The Hall–Kier alpha value is -2.39. The summed E-state index contributed by atoms with van der Waals surface area (Å²) >= 11 is 0. The number of hydrogen-bond donors (Lipinski definition) is 2. The number of guanidine groups is 1. The number of aromatic nitrogens is 2. The molecule has 0 aliphatic carbocycles. The molecule has 25 heavy (non-hydrogen) atoms. The fourth-order valence-corrected chi connectivity index (χ4v) is 4.24. The van der Waals surface area contributed by atoms with E-state index < -0.39 is 10.0 Å². The van der Waals surface area contributed by atoms with Crippen LogP contribution >= 0.6 is 0 Å². The van der Waals surface area contributed by atoms with Gasteiger partial charge in [0.25, 0.3) is 10.0 Å². The first kappa shape index (κ1) is 17.4. The van der Waals surface area contributed by atoms with E-state index in [9.17, 15) is 8.42 Å². The smallest absolute Gasteiger partial charge is 0.283 e. The van der Waals surface area contributed by atoms with Gasteiger partial charge >= 0.3 is 0 Å². The summed E-state index contributed by atoms with van der Waals surface area (Å²) in [5.41, 5.74) is 5.19. The van der Waals surface area contributed by atoms with Gasteiger partial charge in [-0.1, -0.05) is 17.7 Å². The van der Waals surface area contributed by atoms with E-state index >= 15 is 0 Å². The van der Waals surface area contributed by atoms with E-state index in [0.717, 1.165) is 15.2 Å². The van der Waals surface area contributed by atoms with Crippen LogP contribution in [0.15, 0.2) is 40.4 Å². The molecule has 0 bridgehead atoms. The number of nitrogens with two attached hydrogens (primary N) is 1. The van der Waals surface area contributed by atoms with Crippen molar-refractivity contribution in [2.45, 2.75) is 31.7 Å². The van der Waals surface area contributed by atoms with Crippen LogP contribution in [-0.4, -0.2) is 41.6 Å². The van der Waals surface area contributed by atoms with Gasteiger partial charge in [-0.3, -0.25) is 10.4 Å². The number of hydrazine groups is 1. The average molecular weight is 362 g/mol. The van der Waals surface area contributed by atoms with Crippen LogP contribution in [0, 0.1) is 6.92 Å². The minimum absolute atomic E-state index is 0.239. The second-order valence-electron chi connectivity index (χ2n) is 5.89. The summed E-state index contributed by atoms with van der Waals surface area (Å²) in [7, 11) is -3.69. The normalized spacial score (nSPS) is 15.2. The van der Waals surface area contributed by atoms with Crippen LogP contribution in [0.4, 0.5) is 0 Å². The zero-order valence-corrected chi connectivity index (χ0v) is 15.1. The van der Waals surface area contributed by atoms with Gasteiger partial charge in [0.05, 0.1) is 16.8 Å². The molecule has 1 aromatic carbocycles. The van der Waals surface area contributed by atoms with Crippen LogP contribution < -0.4 is 11.3 Å². The molecule has 0 fully saturated rings. The molecule has 9 heteroatoms. The van der Waals surface area contributed by atoms with Gasteiger partial charge in [-0.25, -0.2) is 5.84 Å². The molecule has 0 unspecified atom stereocenters. The second-order valence-corrected chi connectivity index (χ2v) is 7.66. The van der Waals surface area contributed by atoms with Crippen LogP contribution in [0.5, 0.6) is 0 Å². The highest BCUT2D eigenvalue weighted by atomic mass is 32.2. The van der Waals surface area contributed by atoms with Gasteiger partial charge in [-0.15, -0.1) is 0 Å². The van der Waals surface area contributed by atoms with Crippen molar-refractivity contribution in [1.82, 2.24) is 19.5 Å². The number of benzene rings is 1. The molecule has 2 aromatic rings. The predicted molar refractivity (Wildman–Crippen MR) is 95.4 cm³/mol. The van der Waals surface area contributed by atoms with E-state index in [2.05, 4.69) is 15.5 Å². The standard InChI is InChI=1S/C16H22N6O2S/c1-3-18-16(20-17)21-9-8-15-13(11-21)10-19-22(15)25(23,24)14-6-4-12(2)5-7-14/h4-7,10H,3,8-9,11,17H2,1-2H3,(H,18,20). The van der Waals surface area contributed by atoms with Crippen molar-refractivity contribution in [3.63, 3.8) is 0 Å². The Morgan fingerprint density at radius 2 is 2.08 bits per heavy atom. The van der Waals surface area contributed by atoms with E-state index in [0.29, 0.717) is 37.7 Å². The largest absolute Gasteiger partial charge is 0.337 e. The van der Waals surface area contributed by atoms with Crippen LogP contribution in [0.2, 0.25) is 0 Å². The quantitative estimate of drug-likeness (QED) is 0.359. The summed E-state index contributed by atoms with van der Waals surface area (Å²) in [4.78, 5) is 6.53. The molecule has 134 valence electrons. The zero-order chi connectivity index (χ0) is 18.0. The molecule has 1 aliphatic rings. The zero-order valence-electron chi connectivity index (χ0n) is 14.3. The van der Waals surface area contributed by atoms with Crippen molar-refractivity contribution < 1.29 is 8.42 Å². The molecule has 3 rings (SSSR count). The SMILES string of the molecule is CCN=C(NN)N1CCc2c(cnn2S(=O)(=O)c2ccc(C)cc2)C1. The fraction of sp³-hybridized carbons (Fsp3) is 0.375. The average Bonchev–Trinajstić information content (AvgIpc) is 3.04. The summed E-state index contributed by atoms with van der Waals surface area (Å²) in [5, 5.41) is 4.14. The van der Waals surface area contributed by atoms with Crippen molar-refractivity contribution in [3.8, 4) is 0 Å². The van der Waals surface area contributed by atoms with Crippen LogP contribution in [0.25, 0.3) is 0 Å². The summed E-state index contributed by atoms with van der Waals surface area (Å²) in [6.45, 7) is 5.59. The van der Waals surface area contributed by atoms with Crippen molar-refractivity contribution in [1.29, 1.82) is 0 Å². The Bertz CT molecular complexity index is 886. The second kappa shape index (κ2) is 6.85. The van der Waals surface area contributed by atoms with E-state index in [1.54, 1.807) is 30.5 Å². The monoisotopic (exact) mass is 362 g/mol. The first-order valence-electron chi connectivity index (χ1n) is 8.11. The molecule has 0 spiro atoms. The highest BCUT2D eigenvalue weighted by molar-refractivity contribution is 7.89. The molecule has 1 aromatic heterocycles. The lowest BCUT2D eigenvalue weighted by molar-refractivity contribution is 0.375. The third-order valence-corrected chi connectivity index (χ3v) is 5.82. The number of aryl methyl sites for hydroxylation is 1. The first-order valence-corrected chi connectivity index (χ1v) is 9.55. The van der Waals surface area contributed by atoms with Crippen LogP contribution in [0.3, 0.4) is 0 Å². The maximum Gasteiger partial charge on any atom is 0.283 e. The topological polar surface area (TPSA) is 106 Å². The first-order chi connectivity index (χ1) is 12.0. The number of fused-ring (bicyclic) bond motifs is 1. The van der Waals surface area contributed by atoms with Gasteiger partial charge in [0.1, 0.15) is 0 Å². The lowest BCUT2D eigenvalue weighted by Gasteiger charge is -2.29. The molecule has 8 nitrogen and oxygen atoms in total. The van der Waals surface area contributed by atoms with Gasteiger partial charge in [0, 0.05) is 31.6 Å². The molecule has 1 aliphatic heterocycles. The van der Waals surface area contributed by atoms with E-state index in [4.69, 9.17) is 5.84 Å². The Morgan fingerprint density at radius 1 is 1.36 bits per heavy atom. The third kappa shape index (κ3) is 3.24. The Kier molecular flexibility index (Phi) is 4.78.